The molecule has 11 nitrogen and oxygen atoms in total. The highest BCUT2D eigenvalue weighted by atomic mass is 19.1. The molecule has 0 aliphatic carbocycles. The number of nitrogens with one attached hydrogen (secondary N) is 1. The summed E-state index contributed by atoms with van der Waals surface area (Å²) in [5.41, 5.74) is 0.475. The van der Waals surface area contributed by atoms with Crippen molar-refractivity contribution >= 4 is 28.6 Å². The fourth-order valence-corrected chi connectivity index (χ4v) is 5.73. The van der Waals surface area contributed by atoms with Crippen LogP contribution in [0.3, 0.4) is 0 Å². The van der Waals surface area contributed by atoms with E-state index in [1.54, 1.807) is 17.3 Å². The topological polar surface area (TPSA) is 110 Å². The number of carbonyl (C=O) groups excluding carboxylic acids is 1. The first-order valence-corrected chi connectivity index (χ1v) is 14.3. The number of likely N-dealkylation sites (tertiary alicyclic amines) is 2. The fraction of sp³-hybridized carbons (Fsp3) is 0.367. The molecular weight excluding hydrogens is 558 g/mol. The molecule has 1 N–H and O–H groups in total. The van der Waals surface area contributed by atoms with Crippen LogP contribution in [0.4, 0.5) is 20.4 Å². The van der Waals surface area contributed by atoms with E-state index in [2.05, 4.69) is 33.9 Å². The second-order valence-electron chi connectivity index (χ2n) is 11.0. The molecule has 4 aromatic rings. The summed E-state index contributed by atoms with van der Waals surface area (Å²) in [6.07, 6.45) is 9.70. The molecule has 1 amide bonds. The highest BCUT2D eigenvalue weighted by Gasteiger charge is 2.28. The van der Waals surface area contributed by atoms with Gasteiger partial charge in [-0.05, 0) is 70.1 Å². The summed E-state index contributed by atoms with van der Waals surface area (Å²) >= 11 is 0. The molecule has 1 atom stereocenters. The van der Waals surface area contributed by atoms with Crippen molar-refractivity contribution in [2.45, 2.75) is 37.8 Å². The van der Waals surface area contributed by atoms with E-state index in [-0.39, 0.29) is 29.9 Å². The molecule has 13 heteroatoms. The van der Waals surface area contributed by atoms with Crippen molar-refractivity contribution in [1.29, 1.82) is 0 Å². The predicted molar refractivity (Wildman–Crippen MR) is 157 cm³/mol. The summed E-state index contributed by atoms with van der Waals surface area (Å²) in [5, 5.41) is 8.20. The minimum atomic E-state index is -0.942. The van der Waals surface area contributed by atoms with Crippen molar-refractivity contribution in [3.05, 3.63) is 77.5 Å². The number of fused-ring (bicyclic) bond motifs is 1. The van der Waals surface area contributed by atoms with E-state index in [1.807, 2.05) is 10.9 Å². The Morgan fingerprint density at radius 2 is 1.91 bits per heavy atom. The third-order valence-electron chi connectivity index (χ3n) is 8.02. The van der Waals surface area contributed by atoms with Gasteiger partial charge in [-0.2, -0.15) is 10.1 Å². The van der Waals surface area contributed by atoms with Crippen molar-refractivity contribution in [3.8, 4) is 11.5 Å². The zero-order valence-corrected chi connectivity index (χ0v) is 23.7. The number of nitrogens with zero attached hydrogens (tertiary/aromatic N) is 7. The Balaban J connectivity index is 1.36. The number of amides is 1. The second kappa shape index (κ2) is 11.9. The molecule has 0 unspecified atom stereocenters. The zero-order chi connectivity index (χ0) is 30.1. The van der Waals surface area contributed by atoms with E-state index in [9.17, 15) is 18.4 Å². The largest absolute Gasteiger partial charge is 0.448 e. The Morgan fingerprint density at radius 3 is 2.67 bits per heavy atom. The fourth-order valence-electron chi connectivity index (χ4n) is 5.73. The Bertz CT molecular complexity index is 1730. The zero-order valence-electron chi connectivity index (χ0n) is 23.7. The molecule has 2 aliphatic rings. The number of ether oxygens (including phenoxy) is 1. The normalized spacial score (nSPS) is 18.1. The maximum Gasteiger partial charge on any atom is 0.295 e. The molecule has 2 saturated heterocycles. The number of piperidine rings is 2. The van der Waals surface area contributed by atoms with E-state index in [4.69, 9.17) is 9.72 Å². The van der Waals surface area contributed by atoms with Gasteiger partial charge in [0.05, 0.1) is 24.0 Å². The van der Waals surface area contributed by atoms with Crippen molar-refractivity contribution in [1.82, 2.24) is 34.1 Å². The third-order valence-corrected chi connectivity index (χ3v) is 8.02. The number of halogens is 2. The lowest BCUT2D eigenvalue weighted by molar-refractivity contribution is -0.127. The third kappa shape index (κ3) is 5.98. The molecule has 0 radical (unpaired) electrons. The molecule has 0 bridgehead atoms. The second-order valence-corrected chi connectivity index (χ2v) is 11.0. The van der Waals surface area contributed by atoms with Crippen LogP contribution in [-0.2, 0) is 4.79 Å². The van der Waals surface area contributed by atoms with Crippen LogP contribution in [0.5, 0.6) is 11.5 Å². The summed E-state index contributed by atoms with van der Waals surface area (Å²) in [6, 6.07) is 4.17. The summed E-state index contributed by atoms with van der Waals surface area (Å²) in [6.45, 7) is 6.39. The average molecular weight is 591 g/mol. The Kier molecular flexibility index (Phi) is 7.89. The van der Waals surface area contributed by atoms with Crippen LogP contribution in [0.2, 0.25) is 0 Å². The molecule has 3 aromatic heterocycles. The lowest BCUT2D eigenvalue weighted by Gasteiger charge is -2.33. The van der Waals surface area contributed by atoms with Crippen LogP contribution >= 0.6 is 0 Å². The van der Waals surface area contributed by atoms with Gasteiger partial charge in [0.1, 0.15) is 11.5 Å². The summed E-state index contributed by atoms with van der Waals surface area (Å²) in [4.78, 5) is 39.4. The molecule has 1 aromatic carbocycles. The minimum Gasteiger partial charge on any atom is -0.448 e. The Morgan fingerprint density at radius 1 is 1.09 bits per heavy atom. The summed E-state index contributed by atoms with van der Waals surface area (Å²) in [7, 11) is 2.11. The van der Waals surface area contributed by atoms with E-state index >= 15 is 0 Å². The van der Waals surface area contributed by atoms with Crippen molar-refractivity contribution < 1.29 is 18.3 Å². The molecule has 2 aliphatic heterocycles. The van der Waals surface area contributed by atoms with Crippen molar-refractivity contribution in [2.75, 3.05) is 38.5 Å². The van der Waals surface area contributed by atoms with Crippen LogP contribution in [-0.4, -0.2) is 73.2 Å². The van der Waals surface area contributed by atoms with Crippen molar-refractivity contribution in [3.63, 3.8) is 0 Å². The van der Waals surface area contributed by atoms with Gasteiger partial charge in [0.15, 0.2) is 17.3 Å². The molecule has 5 heterocycles. The first-order valence-electron chi connectivity index (χ1n) is 14.3. The van der Waals surface area contributed by atoms with Gasteiger partial charge in [-0.25, -0.2) is 13.8 Å². The molecule has 0 spiro atoms. The van der Waals surface area contributed by atoms with Gasteiger partial charge in [0.25, 0.3) is 5.56 Å². The van der Waals surface area contributed by atoms with E-state index in [0.717, 1.165) is 38.1 Å². The number of hydrogen-bond acceptors (Lipinski definition) is 8. The van der Waals surface area contributed by atoms with Crippen LogP contribution in [0.15, 0.2) is 60.3 Å². The lowest BCUT2D eigenvalue weighted by atomic mass is 10.0. The first kappa shape index (κ1) is 28.5. The smallest absolute Gasteiger partial charge is 0.295 e. The van der Waals surface area contributed by atoms with Crippen molar-refractivity contribution in [2.24, 2.45) is 0 Å². The molecular formula is C30H32F2N8O3. The lowest BCUT2D eigenvalue weighted by Crippen LogP contribution is -2.42. The number of rotatable bonds is 7. The number of benzene rings is 1. The number of carbonyl (C=O) groups is 1. The highest BCUT2D eigenvalue weighted by molar-refractivity contribution is 5.87. The first-order chi connectivity index (χ1) is 20.8. The molecule has 2 fully saturated rings. The molecule has 6 rings (SSSR count). The van der Waals surface area contributed by atoms with Gasteiger partial charge in [-0.1, -0.05) is 6.58 Å². The van der Waals surface area contributed by atoms with Crippen LogP contribution < -0.4 is 15.6 Å². The Labute approximate surface area is 246 Å². The molecule has 43 heavy (non-hydrogen) atoms. The van der Waals surface area contributed by atoms with E-state index < -0.39 is 23.2 Å². The van der Waals surface area contributed by atoms with Crippen LogP contribution in [0, 0.1) is 11.6 Å². The number of pyridine rings is 1. The van der Waals surface area contributed by atoms with Gasteiger partial charge >= 0.3 is 0 Å². The highest BCUT2D eigenvalue weighted by Crippen LogP contribution is 2.30. The maximum atomic E-state index is 14.4. The number of aromatic nitrogens is 5. The van der Waals surface area contributed by atoms with E-state index in [0.29, 0.717) is 48.2 Å². The monoisotopic (exact) mass is 590 g/mol. The van der Waals surface area contributed by atoms with Gasteiger partial charge in [0.2, 0.25) is 11.9 Å². The van der Waals surface area contributed by atoms with Crippen LogP contribution in [0.25, 0.3) is 11.0 Å². The maximum absolute atomic E-state index is 14.4. The SMILES string of the molecule is C=CC(=O)N1CCC[C@@H](n2c(=O)c(Oc3ccc(F)cc3F)cc3cnc(Nc4cnn(C5CCN(C)CC5)c4)nc32)C1. The molecule has 0 saturated carbocycles. The quantitative estimate of drug-likeness (QED) is 0.315. The van der Waals surface area contributed by atoms with Crippen LogP contribution in [0.1, 0.15) is 37.8 Å². The van der Waals surface area contributed by atoms with Gasteiger partial charge in [-0.15, -0.1) is 0 Å². The van der Waals surface area contributed by atoms with Gasteiger partial charge in [-0.3, -0.25) is 18.8 Å². The average Bonchev–Trinajstić information content (AvgIpc) is 3.47. The summed E-state index contributed by atoms with van der Waals surface area (Å²) in [5.74, 6) is -2.15. The predicted octanol–water partition coefficient (Wildman–Crippen LogP) is 4.42. The number of anilines is 2. The van der Waals surface area contributed by atoms with Gasteiger partial charge in [0, 0.05) is 36.9 Å². The number of hydrogen-bond donors (Lipinski definition) is 1. The Hall–Kier alpha value is -4.65. The standard InChI is InChI=1S/C30H32F2N8O3/c1-3-27(41)38-10-4-5-23(18-38)40-28-19(13-26(29(40)42)43-25-7-6-20(31)14-24(25)32)15-33-30(36-28)35-21-16-34-39(17-21)22-8-11-37(2)12-9-22/h3,6-7,13-17,22-23H,1,4-5,8-12,18H2,2H3,(H,33,35,36)/t23-/m1/s1. The molecule has 224 valence electrons. The summed E-state index contributed by atoms with van der Waals surface area (Å²) < 4.78 is 37.0. The minimum absolute atomic E-state index is 0.172. The van der Waals surface area contributed by atoms with E-state index in [1.165, 1.54) is 16.7 Å². The van der Waals surface area contributed by atoms with Gasteiger partial charge < -0.3 is 19.9 Å².